The van der Waals surface area contributed by atoms with E-state index in [1.807, 2.05) is 85.7 Å². The van der Waals surface area contributed by atoms with Gasteiger partial charge in [-0.25, -0.2) is 4.79 Å². The number of hydrogen-bond acceptors (Lipinski definition) is 6. The van der Waals surface area contributed by atoms with Gasteiger partial charge in [-0.05, 0) is 56.3 Å². The van der Waals surface area contributed by atoms with Crippen LogP contribution < -0.4 is 14.5 Å². The van der Waals surface area contributed by atoms with E-state index >= 15 is 0 Å². The maximum Gasteiger partial charge on any atom is 0.341 e. The standard InChI is InChI=1S/C31H31N3O3/c1-5-34(6-2)23-14-12-22(13-15-23)31(27-18-19-32-21-26(27)30(35)37-31)28-17-16-24(33(3)4)20-29(28)36-25-10-8-7-9-11-25/h7-21H,5-6H2,1-4H3. The number of rotatable bonds is 8. The van der Waals surface area contributed by atoms with Crippen molar-refractivity contribution in [3.8, 4) is 11.5 Å². The number of para-hydroxylation sites is 1. The highest BCUT2D eigenvalue weighted by molar-refractivity contribution is 5.96. The first-order chi connectivity index (χ1) is 18.0. The van der Waals surface area contributed by atoms with E-state index in [0.29, 0.717) is 17.1 Å². The number of esters is 1. The Morgan fingerprint density at radius 2 is 1.57 bits per heavy atom. The van der Waals surface area contributed by atoms with Gasteiger partial charge in [0.25, 0.3) is 0 Å². The van der Waals surface area contributed by atoms with Crippen molar-refractivity contribution in [2.24, 2.45) is 0 Å². The first-order valence-corrected chi connectivity index (χ1v) is 12.6. The molecule has 5 rings (SSSR count). The van der Waals surface area contributed by atoms with Crippen LogP contribution in [-0.4, -0.2) is 38.1 Å². The van der Waals surface area contributed by atoms with Crippen molar-refractivity contribution in [2.75, 3.05) is 37.0 Å². The van der Waals surface area contributed by atoms with Crippen LogP contribution in [0.25, 0.3) is 0 Å². The number of aromatic nitrogens is 1. The maximum atomic E-state index is 13.2. The van der Waals surface area contributed by atoms with Crippen LogP contribution in [0.2, 0.25) is 0 Å². The van der Waals surface area contributed by atoms with E-state index in [1.165, 1.54) is 0 Å². The van der Waals surface area contributed by atoms with Crippen molar-refractivity contribution in [1.29, 1.82) is 0 Å². The lowest BCUT2D eigenvalue weighted by atomic mass is 9.79. The van der Waals surface area contributed by atoms with Gasteiger partial charge in [-0.3, -0.25) is 4.98 Å². The number of carbonyl (C=O) groups excluding carboxylic acids is 1. The molecule has 0 aliphatic carbocycles. The van der Waals surface area contributed by atoms with Gasteiger partial charge in [-0.1, -0.05) is 30.3 Å². The largest absolute Gasteiger partial charge is 0.457 e. The smallest absolute Gasteiger partial charge is 0.341 e. The van der Waals surface area contributed by atoms with Crippen LogP contribution in [0.5, 0.6) is 11.5 Å². The van der Waals surface area contributed by atoms with E-state index in [4.69, 9.17) is 9.47 Å². The molecule has 0 spiro atoms. The first-order valence-electron chi connectivity index (χ1n) is 12.6. The zero-order chi connectivity index (χ0) is 26.0. The summed E-state index contributed by atoms with van der Waals surface area (Å²) in [6, 6.07) is 25.8. The van der Waals surface area contributed by atoms with Crippen molar-refractivity contribution in [2.45, 2.75) is 19.4 Å². The minimum absolute atomic E-state index is 0.404. The second-order valence-electron chi connectivity index (χ2n) is 9.20. The molecule has 0 bridgehead atoms. The summed E-state index contributed by atoms with van der Waals surface area (Å²) in [6.07, 6.45) is 3.28. The number of carbonyl (C=O) groups is 1. The van der Waals surface area contributed by atoms with Gasteiger partial charge in [0.2, 0.25) is 0 Å². The van der Waals surface area contributed by atoms with Crippen LogP contribution in [0.1, 0.15) is 40.9 Å². The highest BCUT2D eigenvalue weighted by Gasteiger charge is 2.50. The fourth-order valence-corrected chi connectivity index (χ4v) is 4.96. The fourth-order valence-electron chi connectivity index (χ4n) is 4.96. The van der Waals surface area contributed by atoms with E-state index in [0.717, 1.165) is 41.2 Å². The minimum atomic E-state index is -1.19. The summed E-state index contributed by atoms with van der Waals surface area (Å²) >= 11 is 0. The summed E-state index contributed by atoms with van der Waals surface area (Å²) in [5.74, 6) is 0.909. The van der Waals surface area contributed by atoms with Crippen molar-refractivity contribution < 1.29 is 14.3 Å². The molecule has 0 saturated heterocycles. The molecule has 1 atom stereocenters. The van der Waals surface area contributed by atoms with Crippen LogP contribution in [0, 0.1) is 0 Å². The van der Waals surface area contributed by atoms with Gasteiger partial charge in [0, 0.05) is 73.7 Å². The molecule has 4 aromatic rings. The Morgan fingerprint density at radius 3 is 2.24 bits per heavy atom. The summed E-state index contributed by atoms with van der Waals surface area (Å²) in [5, 5.41) is 0. The second kappa shape index (κ2) is 9.97. The molecule has 37 heavy (non-hydrogen) atoms. The third kappa shape index (κ3) is 4.29. The molecule has 0 fully saturated rings. The van der Waals surface area contributed by atoms with Crippen molar-refractivity contribution >= 4 is 17.3 Å². The lowest BCUT2D eigenvalue weighted by molar-refractivity contribution is 0.0246. The van der Waals surface area contributed by atoms with Gasteiger partial charge >= 0.3 is 5.97 Å². The highest BCUT2D eigenvalue weighted by Crippen LogP contribution is 2.51. The molecule has 0 radical (unpaired) electrons. The molecule has 0 saturated carbocycles. The zero-order valence-electron chi connectivity index (χ0n) is 21.6. The van der Waals surface area contributed by atoms with E-state index in [9.17, 15) is 4.79 Å². The molecular formula is C31H31N3O3. The Morgan fingerprint density at radius 1 is 0.865 bits per heavy atom. The van der Waals surface area contributed by atoms with Crippen molar-refractivity contribution in [1.82, 2.24) is 4.98 Å². The lowest BCUT2D eigenvalue weighted by Gasteiger charge is -2.32. The number of hydrogen-bond donors (Lipinski definition) is 0. The summed E-state index contributed by atoms with van der Waals surface area (Å²) in [5.41, 5.74) is 3.70. The van der Waals surface area contributed by atoms with Gasteiger partial charge in [-0.15, -0.1) is 0 Å². The van der Waals surface area contributed by atoms with Gasteiger partial charge in [0.15, 0.2) is 5.60 Å². The van der Waals surface area contributed by atoms with Crippen molar-refractivity contribution in [3.63, 3.8) is 0 Å². The van der Waals surface area contributed by atoms with Gasteiger partial charge in [0.1, 0.15) is 11.5 Å². The number of benzene rings is 3. The summed E-state index contributed by atoms with van der Waals surface area (Å²) < 4.78 is 12.8. The normalized spacial score (nSPS) is 16.2. The molecule has 1 aliphatic heterocycles. The molecule has 0 amide bonds. The van der Waals surface area contributed by atoms with E-state index in [1.54, 1.807) is 12.4 Å². The van der Waals surface area contributed by atoms with Crippen LogP contribution in [-0.2, 0) is 10.3 Å². The fraction of sp³-hybridized carbons (Fsp3) is 0.226. The molecule has 3 aromatic carbocycles. The van der Waals surface area contributed by atoms with E-state index in [2.05, 4.69) is 35.9 Å². The average Bonchev–Trinajstić information content (AvgIpc) is 3.23. The van der Waals surface area contributed by atoms with Gasteiger partial charge in [0.05, 0.1) is 5.56 Å². The average molecular weight is 494 g/mol. The highest BCUT2D eigenvalue weighted by atomic mass is 16.6. The summed E-state index contributed by atoms with van der Waals surface area (Å²) in [6.45, 7) is 6.10. The molecular weight excluding hydrogens is 462 g/mol. The monoisotopic (exact) mass is 493 g/mol. The Balaban J connectivity index is 1.75. The predicted octanol–water partition coefficient (Wildman–Crippen LogP) is 6.25. The SMILES string of the molecule is CCN(CC)c1ccc(C2(c3ccc(N(C)C)cc3Oc3ccccc3)OC(=O)c3cnccc32)cc1. The third-order valence-corrected chi connectivity index (χ3v) is 6.90. The van der Waals surface area contributed by atoms with Gasteiger partial charge in [-0.2, -0.15) is 0 Å². The maximum absolute atomic E-state index is 13.2. The molecule has 6 heteroatoms. The number of pyridine rings is 1. The van der Waals surface area contributed by atoms with E-state index < -0.39 is 11.6 Å². The molecule has 6 nitrogen and oxygen atoms in total. The Bertz CT molecular complexity index is 1400. The van der Waals surface area contributed by atoms with Crippen molar-refractivity contribution in [3.05, 3.63) is 114 Å². The molecule has 1 aliphatic rings. The third-order valence-electron chi connectivity index (χ3n) is 6.90. The van der Waals surface area contributed by atoms with Crippen LogP contribution in [0.3, 0.4) is 0 Å². The Kier molecular flexibility index (Phi) is 6.57. The minimum Gasteiger partial charge on any atom is -0.457 e. The second-order valence-corrected chi connectivity index (χ2v) is 9.20. The predicted molar refractivity (Wildman–Crippen MR) is 147 cm³/mol. The Hall–Kier alpha value is -4.32. The molecule has 188 valence electrons. The molecule has 2 heterocycles. The first kappa shape index (κ1) is 24.4. The molecule has 0 N–H and O–H groups in total. The number of fused-ring (bicyclic) bond motifs is 1. The van der Waals surface area contributed by atoms with E-state index in [-0.39, 0.29) is 0 Å². The number of cyclic esters (lactones) is 1. The topological polar surface area (TPSA) is 54.9 Å². The number of nitrogens with zero attached hydrogens (tertiary/aromatic N) is 3. The molecule has 1 unspecified atom stereocenters. The Labute approximate surface area is 218 Å². The summed E-state index contributed by atoms with van der Waals surface area (Å²) in [7, 11) is 3.97. The number of anilines is 2. The van der Waals surface area contributed by atoms with Crippen LogP contribution >= 0.6 is 0 Å². The zero-order valence-corrected chi connectivity index (χ0v) is 21.6. The van der Waals surface area contributed by atoms with Gasteiger partial charge < -0.3 is 19.3 Å². The van der Waals surface area contributed by atoms with Crippen LogP contribution in [0.15, 0.2) is 91.3 Å². The quantitative estimate of drug-likeness (QED) is 0.271. The molecule has 1 aromatic heterocycles. The summed E-state index contributed by atoms with van der Waals surface area (Å²) in [4.78, 5) is 21.7. The van der Waals surface area contributed by atoms with Crippen LogP contribution in [0.4, 0.5) is 11.4 Å². The lowest BCUT2D eigenvalue weighted by Crippen LogP contribution is -2.30. The number of ether oxygens (including phenoxy) is 2.